The van der Waals surface area contributed by atoms with Gasteiger partial charge in [-0.25, -0.2) is 0 Å². The van der Waals surface area contributed by atoms with Crippen LogP contribution in [0.15, 0.2) is 4.99 Å². The molecule has 0 radical (unpaired) electrons. The van der Waals surface area contributed by atoms with Crippen LogP contribution in [0.1, 0.15) is 46.5 Å². The van der Waals surface area contributed by atoms with Crippen LogP contribution >= 0.6 is 0 Å². The third-order valence-corrected chi connectivity index (χ3v) is 3.46. The number of unbranched alkanes of at least 4 members (excludes halogenated alkanes) is 2. The summed E-state index contributed by atoms with van der Waals surface area (Å²) in [5.74, 6) is 0.682. The van der Waals surface area contributed by atoms with E-state index in [0.717, 1.165) is 32.8 Å². The Morgan fingerprint density at radius 3 is 2.56 bits per heavy atom. The number of hydrogen-bond acceptors (Lipinski definition) is 2. The van der Waals surface area contributed by atoms with Gasteiger partial charge in [-0.2, -0.15) is 0 Å². The molecule has 0 amide bonds. The topological polar surface area (TPSA) is 50.8 Å². The fraction of sp³-hybridized carbons (Fsp3) is 0.929. The smallest absolute Gasteiger partial charge is 0.191 e. The Morgan fingerprint density at radius 2 is 1.94 bits per heavy atom. The van der Waals surface area contributed by atoms with Crippen molar-refractivity contribution in [1.29, 1.82) is 0 Å². The SMILES string of the molecule is CCCCCC(C)(C)CN=C(N)N1CCOCC1. The van der Waals surface area contributed by atoms with Crippen molar-refractivity contribution >= 4 is 5.96 Å². The molecule has 106 valence electrons. The zero-order chi connectivity index (χ0) is 13.4. The second kappa shape index (κ2) is 7.62. The van der Waals surface area contributed by atoms with Gasteiger partial charge in [0.15, 0.2) is 5.96 Å². The van der Waals surface area contributed by atoms with Gasteiger partial charge in [0.2, 0.25) is 0 Å². The van der Waals surface area contributed by atoms with E-state index in [1.165, 1.54) is 25.7 Å². The van der Waals surface area contributed by atoms with Gasteiger partial charge in [-0.15, -0.1) is 0 Å². The number of nitrogens with zero attached hydrogens (tertiary/aromatic N) is 2. The number of ether oxygens (including phenoxy) is 1. The molecule has 0 aliphatic carbocycles. The summed E-state index contributed by atoms with van der Waals surface area (Å²) in [5.41, 5.74) is 6.29. The van der Waals surface area contributed by atoms with Crippen molar-refractivity contribution in [2.45, 2.75) is 46.5 Å². The minimum absolute atomic E-state index is 0.256. The van der Waals surface area contributed by atoms with Crippen LogP contribution in [0, 0.1) is 5.41 Å². The van der Waals surface area contributed by atoms with Crippen LogP contribution in [0.3, 0.4) is 0 Å². The van der Waals surface area contributed by atoms with Crippen LogP contribution in [-0.2, 0) is 4.74 Å². The molecule has 1 rings (SSSR count). The monoisotopic (exact) mass is 255 g/mol. The lowest BCUT2D eigenvalue weighted by Crippen LogP contribution is -2.45. The van der Waals surface area contributed by atoms with Crippen molar-refractivity contribution in [3.8, 4) is 0 Å². The van der Waals surface area contributed by atoms with Crippen molar-refractivity contribution in [3.05, 3.63) is 0 Å². The number of nitrogens with two attached hydrogens (primary N) is 1. The van der Waals surface area contributed by atoms with E-state index in [-0.39, 0.29) is 5.41 Å². The van der Waals surface area contributed by atoms with Crippen molar-refractivity contribution < 1.29 is 4.74 Å². The zero-order valence-corrected chi connectivity index (χ0v) is 12.2. The maximum absolute atomic E-state index is 6.03. The predicted molar refractivity (Wildman–Crippen MR) is 76.8 cm³/mol. The van der Waals surface area contributed by atoms with Crippen molar-refractivity contribution in [2.75, 3.05) is 32.8 Å². The van der Waals surface area contributed by atoms with Crippen molar-refractivity contribution in [3.63, 3.8) is 0 Å². The summed E-state index contributed by atoms with van der Waals surface area (Å²) in [6.45, 7) is 10.9. The van der Waals surface area contributed by atoms with Gasteiger partial charge in [0.25, 0.3) is 0 Å². The van der Waals surface area contributed by atoms with Crippen LogP contribution < -0.4 is 5.73 Å². The molecule has 0 aromatic heterocycles. The summed E-state index contributed by atoms with van der Waals surface area (Å²) in [5, 5.41) is 0. The van der Waals surface area contributed by atoms with Crippen LogP contribution in [0.4, 0.5) is 0 Å². The van der Waals surface area contributed by atoms with E-state index in [4.69, 9.17) is 10.5 Å². The first kappa shape index (κ1) is 15.3. The van der Waals surface area contributed by atoms with Gasteiger partial charge >= 0.3 is 0 Å². The number of rotatable bonds is 6. The lowest BCUT2D eigenvalue weighted by molar-refractivity contribution is 0.0673. The summed E-state index contributed by atoms with van der Waals surface area (Å²) in [6.07, 6.45) is 5.10. The average Bonchev–Trinajstić information content (AvgIpc) is 2.37. The number of hydrogen-bond donors (Lipinski definition) is 1. The zero-order valence-electron chi connectivity index (χ0n) is 12.2. The van der Waals surface area contributed by atoms with Gasteiger partial charge in [0.05, 0.1) is 13.2 Å². The molecule has 0 unspecified atom stereocenters. The Morgan fingerprint density at radius 1 is 1.28 bits per heavy atom. The Balaban J connectivity index is 2.35. The standard InChI is InChI=1S/C14H29N3O/c1-4-5-6-7-14(2,3)12-16-13(15)17-8-10-18-11-9-17/h4-12H2,1-3H3,(H2,15,16). The van der Waals surface area contributed by atoms with Crippen LogP contribution in [-0.4, -0.2) is 43.7 Å². The minimum Gasteiger partial charge on any atom is -0.378 e. The first-order chi connectivity index (χ1) is 8.55. The molecule has 2 N–H and O–H groups in total. The Bertz CT molecular complexity index is 258. The molecule has 1 aliphatic rings. The first-order valence-electron chi connectivity index (χ1n) is 7.18. The molecular weight excluding hydrogens is 226 g/mol. The molecule has 1 fully saturated rings. The van der Waals surface area contributed by atoms with E-state index >= 15 is 0 Å². The van der Waals surface area contributed by atoms with E-state index < -0.39 is 0 Å². The Kier molecular flexibility index (Phi) is 6.47. The second-order valence-electron chi connectivity index (χ2n) is 5.90. The molecular formula is C14H29N3O. The first-order valence-corrected chi connectivity index (χ1v) is 7.18. The summed E-state index contributed by atoms with van der Waals surface area (Å²) < 4.78 is 5.31. The summed E-state index contributed by atoms with van der Waals surface area (Å²) in [7, 11) is 0. The highest BCUT2D eigenvalue weighted by atomic mass is 16.5. The van der Waals surface area contributed by atoms with Crippen LogP contribution in [0.5, 0.6) is 0 Å². The number of aliphatic imine (C=N–C) groups is 1. The van der Waals surface area contributed by atoms with E-state index in [0.29, 0.717) is 5.96 Å². The van der Waals surface area contributed by atoms with Crippen LogP contribution in [0.2, 0.25) is 0 Å². The molecule has 0 saturated carbocycles. The minimum atomic E-state index is 0.256. The number of morpholine rings is 1. The molecule has 0 atom stereocenters. The third kappa shape index (κ3) is 5.71. The van der Waals surface area contributed by atoms with Gasteiger partial charge in [-0.3, -0.25) is 4.99 Å². The van der Waals surface area contributed by atoms with Gasteiger partial charge in [-0.1, -0.05) is 40.0 Å². The second-order valence-corrected chi connectivity index (χ2v) is 5.90. The van der Waals surface area contributed by atoms with E-state index in [2.05, 4.69) is 30.7 Å². The van der Waals surface area contributed by atoms with Gasteiger partial charge in [0.1, 0.15) is 0 Å². The normalized spacial score (nSPS) is 18.2. The highest BCUT2D eigenvalue weighted by Gasteiger charge is 2.18. The average molecular weight is 255 g/mol. The molecule has 18 heavy (non-hydrogen) atoms. The van der Waals surface area contributed by atoms with Crippen molar-refractivity contribution in [1.82, 2.24) is 4.90 Å². The molecule has 0 spiro atoms. The van der Waals surface area contributed by atoms with Gasteiger partial charge in [-0.05, 0) is 11.8 Å². The Hall–Kier alpha value is -0.770. The van der Waals surface area contributed by atoms with Crippen LogP contribution in [0.25, 0.3) is 0 Å². The quantitative estimate of drug-likeness (QED) is 0.450. The highest BCUT2D eigenvalue weighted by Crippen LogP contribution is 2.24. The van der Waals surface area contributed by atoms with Crippen molar-refractivity contribution in [2.24, 2.45) is 16.1 Å². The van der Waals surface area contributed by atoms with E-state index in [9.17, 15) is 0 Å². The summed E-state index contributed by atoms with van der Waals surface area (Å²) in [6, 6.07) is 0. The Labute approximate surface area is 112 Å². The molecule has 1 saturated heterocycles. The summed E-state index contributed by atoms with van der Waals surface area (Å²) in [4.78, 5) is 6.68. The van der Waals surface area contributed by atoms with E-state index in [1.54, 1.807) is 0 Å². The van der Waals surface area contributed by atoms with Gasteiger partial charge < -0.3 is 15.4 Å². The maximum atomic E-state index is 6.03. The van der Waals surface area contributed by atoms with E-state index in [1.807, 2.05) is 0 Å². The molecule has 0 bridgehead atoms. The fourth-order valence-electron chi connectivity index (χ4n) is 2.12. The maximum Gasteiger partial charge on any atom is 0.191 e. The molecule has 1 heterocycles. The number of guanidine groups is 1. The molecule has 4 heteroatoms. The summed E-state index contributed by atoms with van der Waals surface area (Å²) >= 11 is 0. The lowest BCUT2D eigenvalue weighted by atomic mass is 9.87. The molecule has 0 aromatic rings. The largest absolute Gasteiger partial charge is 0.378 e. The highest BCUT2D eigenvalue weighted by molar-refractivity contribution is 5.78. The predicted octanol–water partition coefficient (Wildman–Crippen LogP) is 2.24. The fourth-order valence-corrected chi connectivity index (χ4v) is 2.12. The third-order valence-electron chi connectivity index (χ3n) is 3.46. The van der Waals surface area contributed by atoms with Gasteiger partial charge in [0, 0.05) is 19.6 Å². The molecule has 0 aromatic carbocycles. The molecule has 4 nitrogen and oxygen atoms in total. The molecule has 1 aliphatic heterocycles. The lowest BCUT2D eigenvalue weighted by Gasteiger charge is -2.29.